The smallest absolute Gasteiger partial charge is 0.278 e. The summed E-state index contributed by atoms with van der Waals surface area (Å²) in [7, 11) is -2.76. The minimum absolute atomic E-state index is 0.816. The van der Waals surface area contributed by atoms with E-state index in [0.29, 0.717) is 0 Å². The van der Waals surface area contributed by atoms with Gasteiger partial charge in [-0.3, -0.25) is 4.79 Å². The Labute approximate surface area is 143 Å². The molecular weight excluding hydrogens is 435 g/mol. The zero-order chi connectivity index (χ0) is 22.5. The Morgan fingerprint density at radius 2 is 0.963 bits per heavy atom. The van der Waals surface area contributed by atoms with Crippen LogP contribution in [0.4, 0.5) is 57.1 Å². The molecule has 0 unspecified atom stereocenters. The molecular formula is C12H9F13OSi. The molecule has 0 N–H and O–H groups in total. The lowest BCUT2D eigenvalue weighted by Crippen LogP contribution is -2.71. The number of alkyl halides is 13. The number of hydrogen-bond acceptors (Lipinski definition) is 1. The molecule has 0 heterocycles. The second kappa shape index (κ2) is 6.56. The molecule has 0 atom stereocenters. The van der Waals surface area contributed by atoms with Crippen molar-refractivity contribution in [1.29, 1.82) is 0 Å². The van der Waals surface area contributed by atoms with Crippen LogP contribution in [0.3, 0.4) is 0 Å². The molecule has 0 amide bonds. The predicted molar refractivity (Wildman–Crippen MR) is 66.9 cm³/mol. The van der Waals surface area contributed by atoms with Crippen molar-refractivity contribution >= 4 is 13.9 Å². The number of rotatable bonds is 5. The van der Waals surface area contributed by atoms with Crippen molar-refractivity contribution in [3.05, 3.63) is 0 Å². The second-order valence-electron chi connectivity index (χ2n) is 6.20. The minimum Gasteiger partial charge on any atom is -0.278 e. The van der Waals surface area contributed by atoms with E-state index >= 15 is 0 Å². The van der Waals surface area contributed by atoms with Gasteiger partial charge in [0.1, 0.15) is 8.07 Å². The van der Waals surface area contributed by atoms with Crippen LogP contribution in [-0.2, 0) is 4.79 Å². The summed E-state index contributed by atoms with van der Waals surface area (Å²) in [5.41, 5.74) is 1.71. The molecule has 1 nitrogen and oxygen atoms in total. The van der Waals surface area contributed by atoms with Crippen LogP contribution in [0.1, 0.15) is 0 Å². The zero-order valence-corrected chi connectivity index (χ0v) is 14.3. The third-order valence-corrected chi connectivity index (χ3v) is 3.64. The number of carbonyl (C=O) groups is 1. The Hall–Kier alpha value is -1.46. The second-order valence-corrected chi connectivity index (χ2v) is 10.9. The normalized spacial score (nSPS) is 15.3. The standard InChI is InChI=1S/C12H9F13OSi/c1-27(2,3)5-4-6(26)7(13,14)8(15,16)9(17,18)10(19,20)11(21,22)12(23,24)25/h1-3H3. The summed E-state index contributed by atoms with van der Waals surface area (Å²) in [4.78, 5) is 11.0. The molecule has 0 aromatic heterocycles. The van der Waals surface area contributed by atoms with E-state index < -0.39 is 49.6 Å². The van der Waals surface area contributed by atoms with Crippen LogP contribution in [0, 0.1) is 11.5 Å². The third-order valence-electron chi connectivity index (χ3n) is 2.77. The fraction of sp³-hybridized carbons (Fsp3) is 0.750. The summed E-state index contributed by atoms with van der Waals surface area (Å²) in [6, 6.07) is 0. The van der Waals surface area contributed by atoms with Crippen LogP contribution in [0.2, 0.25) is 19.6 Å². The van der Waals surface area contributed by atoms with Gasteiger partial charge in [-0.2, -0.15) is 57.1 Å². The van der Waals surface area contributed by atoms with E-state index in [1.165, 1.54) is 19.6 Å². The summed E-state index contributed by atoms with van der Waals surface area (Å²) < 4.78 is 166. The number of carbonyl (C=O) groups excluding carboxylic acids is 1. The lowest BCUT2D eigenvalue weighted by Gasteiger charge is -2.38. The van der Waals surface area contributed by atoms with Crippen LogP contribution in [0.15, 0.2) is 0 Å². The van der Waals surface area contributed by atoms with E-state index in [2.05, 4.69) is 0 Å². The Balaban J connectivity index is 6.38. The van der Waals surface area contributed by atoms with E-state index in [9.17, 15) is 61.9 Å². The SMILES string of the molecule is C[Si](C)(C)C#CC(=O)C(F)(F)C(F)(F)C(F)(F)C(F)(F)C(F)(F)C(F)(F)F. The average Bonchev–Trinajstić information content (AvgIpc) is 2.41. The highest BCUT2D eigenvalue weighted by atomic mass is 28.3. The Kier molecular flexibility index (Phi) is 6.20. The van der Waals surface area contributed by atoms with Gasteiger partial charge in [0, 0.05) is 0 Å². The van der Waals surface area contributed by atoms with Gasteiger partial charge < -0.3 is 0 Å². The molecule has 0 rings (SSSR count). The monoisotopic (exact) mass is 444 g/mol. The first-order valence-corrected chi connectivity index (χ1v) is 9.91. The van der Waals surface area contributed by atoms with Crippen molar-refractivity contribution < 1.29 is 61.9 Å². The molecule has 0 aliphatic carbocycles. The quantitative estimate of drug-likeness (QED) is 0.325. The van der Waals surface area contributed by atoms with E-state index in [1.54, 1.807) is 5.54 Å². The summed E-state index contributed by atoms with van der Waals surface area (Å²) in [5.74, 6) is -40.8. The molecule has 0 fully saturated rings. The summed E-state index contributed by atoms with van der Waals surface area (Å²) in [6.07, 6.45) is -7.49. The molecule has 0 saturated heterocycles. The number of Topliss-reactive ketones (excluding diaryl/α,β-unsaturated/α-hetero) is 1. The summed E-state index contributed by atoms with van der Waals surface area (Å²) in [5, 5.41) is 0. The minimum atomic E-state index is -8.03. The van der Waals surface area contributed by atoms with Gasteiger partial charge in [-0.25, -0.2) is 0 Å². The van der Waals surface area contributed by atoms with E-state index in [4.69, 9.17) is 0 Å². The molecule has 0 radical (unpaired) electrons. The van der Waals surface area contributed by atoms with Gasteiger partial charge in [-0.05, 0) is 5.92 Å². The van der Waals surface area contributed by atoms with Gasteiger partial charge in [-0.1, -0.05) is 19.6 Å². The molecule has 27 heavy (non-hydrogen) atoms. The fourth-order valence-electron chi connectivity index (χ4n) is 1.23. The number of ketones is 1. The Morgan fingerprint density at radius 3 is 1.26 bits per heavy atom. The predicted octanol–water partition coefficient (Wildman–Crippen LogP) is 5.18. The molecule has 0 saturated carbocycles. The molecule has 15 heteroatoms. The summed E-state index contributed by atoms with van der Waals surface area (Å²) >= 11 is 0. The van der Waals surface area contributed by atoms with Crippen molar-refractivity contribution in [1.82, 2.24) is 0 Å². The fourth-order valence-corrected chi connectivity index (χ4v) is 1.72. The van der Waals surface area contributed by atoms with Crippen molar-refractivity contribution in [3.8, 4) is 11.5 Å². The van der Waals surface area contributed by atoms with Gasteiger partial charge >= 0.3 is 35.8 Å². The van der Waals surface area contributed by atoms with Gasteiger partial charge in [0.2, 0.25) is 0 Å². The summed E-state index contributed by atoms with van der Waals surface area (Å²) in [6.45, 7) is 3.78. The van der Waals surface area contributed by atoms with Crippen molar-refractivity contribution in [3.63, 3.8) is 0 Å². The lowest BCUT2D eigenvalue weighted by molar-refractivity contribution is -0.435. The average molecular weight is 444 g/mol. The zero-order valence-electron chi connectivity index (χ0n) is 13.3. The van der Waals surface area contributed by atoms with Gasteiger partial charge in [0.15, 0.2) is 0 Å². The van der Waals surface area contributed by atoms with E-state index in [0.717, 1.165) is 5.92 Å². The molecule has 0 aromatic carbocycles. The number of halogens is 13. The number of hydrogen-bond donors (Lipinski definition) is 0. The molecule has 158 valence electrons. The molecule has 0 bridgehead atoms. The molecule has 0 aliphatic rings. The Bertz CT molecular complexity index is 645. The van der Waals surface area contributed by atoms with Crippen LogP contribution >= 0.6 is 0 Å². The lowest BCUT2D eigenvalue weighted by atomic mass is 9.92. The van der Waals surface area contributed by atoms with Crippen molar-refractivity contribution in [2.45, 2.75) is 55.4 Å². The van der Waals surface area contributed by atoms with Crippen molar-refractivity contribution in [2.24, 2.45) is 0 Å². The van der Waals surface area contributed by atoms with Crippen LogP contribution in [0.25, 0.3) is 0 Å². The first kappa shape index (κ1) is 25.5. The van der Waals surface area contributed by atoms with Crippen LogP contribution < -0.4 is 0 Å². The third kappa shape index (κ3) is 4.04. The maximum absolute atomic E-state index is 13.4. The molecule has 0 aliphatic heterocycles. The first-order valence-electron chi connectivity index (χ1n) is 6.41. The van der Waals surface area contributed by atoms with Gasteiger partial charge in [-0.15, -0.1) is 5.54 Å². The van der Waals surface area contributed by atoms with E-state index in [-0.39, 0.29) is 0 Å². The van der Waals surface area contributed by atoms with Crippen LogP contribution in [-0.4, -0.2) is 49.6 Å². The molecule has 0 aromatic rings. The maximum Gasteiger partial charge on any atom is 0.460 e. The van der Waals surface area contributed by atoms with Crippen LogP contribution in [0.5, 0.6) is 0 Å². The van der Waals surface area contributed by atoms with Gasteiger partial charge in [0.25, 0.3) is 5.78 Å². The highest BCUT2D eigenvalue weighted by Crippen LogP contribution is 2.60. The first-order chi connectivity index (χ1) is 11.4. The molecule has 0 spiro atoms. The maximum atomic E-state index is 13.4. The van der Waals surface area contributed by atoms with E-state index in [1.807, 2.05) is 0 Å². The largest absolute Gasteiger partial charge is 0.460 e. The van der Waals surface area contributed by atoms with Crippen molar-refractivity contribution in [2.75, 3.05) is 0 Å². The highest BCUT2D eigenvalue weighted by molar-refractivity contribution is 6.84. The van der Waals surface area contributed by atoms with Gasteiger partial charge in [0.05, 0.1) is 0 Å². The Morgan fingerprint density at radius 1 is 0.630 bits per heavy atom. The topological polar surface area (TPSA) is 17.1 Å². The highest BCUT2D eigenvalue weighted by Gasteiger charge is 2.91.